The molecule has 0 aromatic carbocycles. The van der Waals surface area contributed by atoms with Crippen LogP contribution < -0.4 is 0 Å². The fourth-order valence-corrected chi connectivity index (χ4v) is 0.984. The summed E-state index contributed by atoms with van der Waals surface area (Å²) in [5.41, 5.74) is 0.510. The van der Waals surface area contributed by atoms with Gasteiger partial charge in [-0.2, -0.15) is 5.10 Å². The lowest BCUT2D eigenvalue weighted by atomic mass is 10.2. The van der Waals surface area contributed by atoms with Crippen molar-refractivity contribution < 1.29 is 4.79 Å². The second-order valence-electron chi connectivity index (χ2n) is 2.57. The van der Waals surface area contributed by atoms with Crippen LogP contribution in [0.15, 0.2) is 10.1 Å². The molecule has 0 spiro atoms. The van der Waals surface area contributed by atoms with Gasteiger partial charge in [-0.15, -0.1) is 0 Å². The van der Waals surface area contributed by atoms with E-state index in [0.29, 0.717) is 12.3 Å². The van der Waals surface area contributed by atoms with Crippen LogP contribution in [0.2, 0.25) is 0 Å². The van der Waals surface area contributed by atoms with E-state index < -0.39 is 0 Å². The monoisotopic (exact) mass is 153 g/mol. The lowest BCUT2D eigenvalue weighted by molar-refractivity contribution is -0.126. The van der Waals surface area contributed by atoms with Crippen LogP contribution in [0.25, 0.3) is 0 Å². The first kappa shape index (κ1) is 7.91. The van der Waals surface area contributed by atoms with Crippen molar-refractivity contribution in [2.24, 2.45) is 10.1 Å². The van der Waals surface area contributed by atoms with E-state index in [1.54, 1.807) is 6.92 Å². The van der Waals surface area contributed by atoms with Gasteiger partial charge < -0.3 is 0 Å². The average Bonchev–Trinajstić information content (AvgIpc) is 1.99. The van der Waals surface area contributed by atoms with Crippen LogP contribution in [0.3, 0.4) is 0 Å². The Morgan fingerprint density at radius 3 is 2.91 bits per heavy atom. The highest BCUT2D eigenvalue weighted by molar-refractivity contribution is 6.38. The van der Waals surface area contributed by atoms with Crippen molar-refractivity contribution >= 4 is 18.3 Å². The molecule has 11 heavy (non-hydrogen) atoms. The summed E-state index contributed by atoms with van der Waals surface area (Å²) < 4.78 is 0. The third-order valence-electron chi connectivity index (χ3n) is 1.68. The molecule has 1 aliphatic heterocycles. The van der Waals surface area contributed by atoms with E-state index in [1.807, 2.05) is 6.92 Å². The van der Waals surface area contributed by atoms with Crippen molar-refractivity contribution in [2.75, 3.05) is 6.54 Å². The minimum absolute atomic E-state index is 0.0451. The first-order chi connectivity index (χ1) is 5.16. The maximum absolute atomic E-state index is 11.2. The second-order valence-corrected chi connectivity index (χ2v) is 2.57. The van der Waals surface area contributed by atoms with Crippen LogP contribution in [0.5, 0.6) is 0 Å². The summed E-state index contributed by atoms with van der Waals surface area (Å²) in [6.07, 6.45) is 0. The van der Waals surface area contributed by atoms with Gasteiger partial charge >= 0.3 is 0 Å². The number of carbonyl (C=O) groups excluding carboxylic acids is 1. The van der Waals surface area contributed by atoms with Gasteiger partial charge in [0.2, 0.25) is 0 Å². The fraction of sp³-hybridized carbons (Fsp3) is 0.571. The molecule has 0 saturated carbocycles. The Morgan fingerprint density at radius 2 is 2.45 bits per heavy atom. The minimum atomic E-state index is -0.140. The summed E-state index contributed by atoms with van der Waals surface area (Å²) in [5.74, 6) is -0.140. The third kappa shape index (κ3) is 1.29. The molecule has 60 valence electrons. The Kier molecular flexibility index (Phi) is 2.03. The second kappa shape index (κ2) is 2.82. The summed E-state index contributed by atoms with van der Waals surface area (Å²) in [6.45, 7) is 7.52. The quantitative estimate of drug-likeness (QED) is 0.499. The molecule has 4 nitrogen and oxygen atoms in total. The average molecular weight is 153 g/mol. The summed E-state index contributed by atoms with van der Waals surface area (Å²) in [7, 11) is 0. The van der Waals surface area contributed by atoms with Crippen molar-refractivity contribution in [3.8, 4) is 0 Å². The van der Waals surface area contributed by atoms with Gasteiger partial charge in [0.15, 0.2) is 0 Å². The molecule has 0 aliphatic carbocycles. The number of carbonyl (C=O) groups is 1. The topological polar surface area (TPSA) is 45.0 Å². The molecule has 1 unspecified atom stereocenters. The Hall–Kier alpha value is -1.19. The lowest BCUT2D eigenvalue weighted by Crippen LogP contribution is -2.43. The zero-order valence-corrected chi connectivity index (χ0v) is 6.74. The predicted molar refractivity (Wildman–Crippen MR) is 43.8 cm³/mol. The van der Waals surface area contributed by atoms with Crippen LogP contribution >= 0.6 is 0 Å². The Balaban J connectivity index is 2.88. The van der Waals surface area contributed by atoms with E-state index in [1.165, 1.54) is 5.01 Å². The van der Waals surface area contributed by atoms with Gasteiger partial charge in [0.25, 0.3) is 5.91 Å². The van der Waals surface area contributed by atoms with Crippen LogP contribution in [-0.4, -0.2) is 35.9 Å². The molecule has 1 rings (SSSR count). The highest BCUT2D eigenvalue weighted by atomic mass is 16.2. The van der Waals surface area contributed by atoms with Crippen LogP contribution in [-0.2, 0) is 4.79 Å². The van der Waals surface area contributed by atoms with Gasteiger partial charge in [-0.05, 0) is 13.8 Å². The van der Waals surface area contributed by atoms with Crippen molar-refractivity contribution in [1.29, 1.82) is 0 Å². The highest BCUT2D eigenvalue weighted by Gasteiger charge is 2.24. The van der Waals surface area contributed by atoms with Gasteiger partial charge in [-0.3, -0.25) is 9.79 Å². The van der Waals surface area contributed by atoms with Crippen LogP contribution in [0.4, 0.5) is 0 Å². The number of hydrogen-bond acceptors (Lipinski definition) is 3. The maximum atomic E-state index is 11.2. The molecule has 0 aromatic heterocycles. The molecule has 0 N–H and O–H groups in total. The van der Waals surface area contributed by atoms with Gasteiger partial charge in [0.1, 0.15) is 0 Å². The lowest BCUT2D eigenvalue weighted by Gasteiger charge is -2.26. The zero-order valence-electron chi connectivity index (χ0n) is 6.74. The number of amides is 1. The fourth-order valence-electron chi connectivity index (χ4n) is 0.984. The number of aliphatic imine (C=N–C) groups is 1. The zero-order chi connectivity index (χ0) is 8.43. The molecule has 0 radical (unpaired) electrons. The van der Waals surface area contributed by atoms with Crippen molar-refractivity contribution in [2.45, 2.75) is 19.9 Å². The number of hydrogen-bond donors (Lipinski definition) is 0. The molecule has 0 fully saturated rings. The van der Waals surface area contributed by atoms with E-state index in [2.05, 4.69) is 16.8 Å². The smallest absolute Gasteiger partial charge is 0.282 e. The molecule has 1 atom stereocenters. The van der Waals surface area contributed by atoms with Gasteiger partial charge in [0.05, 0.1) is 18.3 Å². The standard InChI is InChI=1S/C7H11N3O/c1-5-4-9-6(2)7(11)10(5)8-3/h5H,3-4H2,1-2H3. The first-order valence-electron chi connectivity index (χ1n) is 3.48. The molecule has 1 aliphatic rings. The highest BCUT2D eigenvalue weighted by Crippen LogP contribution is 2.07. The van der Waals surface area contributed by atoms with E-state index in [-0.39, 0.29) is 11.9 Å². The maximum Gasteiger partial charge on any atom is 0.287 e. The Morgan fingerprint density at radius 1 is 1.82 bits per heavy atom. The van der Waals surface area contributed by atoms with Crippen molar-refractivity contribution in [1.82, 2.24) is 5.01 Å². The first-order valence-corrected chi connectivity index (χ1v) is 3.48. The number of nitrogens with zero attached hydrogens (tertiary/aromatic N) is 3. The molecule has 1 heterocycles. The largest absolute Gasteiger partial charge is 0.287 e. The van der Waals surface area contributed by atoms with Gasteiger partial charge in [-0.1, -0.05) is 0 Å². The van der Waals surface area contributed by atoms with Crippen LogP contribution in [0, 0.1) is 0 Å². The third-order valence-corrected chi connectivity index (χ3v) is 1.68. The molecule has 0 bridgehead atoms. The number of hydrazone groups is 1. The summed E-state index contributed by atoms with van der Waals surface area (Å²) in [4.78, 5) is 15.3. The SMILES string of the molecule is C=NN1C(=O)C(C)=NCC1C. The van der Waals surface area contributed by atoms with Crippen molar-refractivity contribution in [3.63, 3.8) is 0 Å². The van der Waals surface area contributed by atoms with Crippen molar-refractivity contribution in [3.05, 3.63) is 0 Å². The molecule has 0 saturated heterocycles. The van der Waals surface area contributed by atoms with E-state index in [9.17, 15) is 4.79 Å². The minimum Gasteiger partial charge on any atom is -0.282 e. The van der Waals surface area contributed by atoms with E-state index in [4.69, 9.17) is 0 Å². The predicted octanol–water partition coefficient (Wildman–Crippen LogP) is 0.294. The molecule has 4 heteroatoms. The Bertz CT molecular complexity index is 222. The van der Waals surface area contributed by atoms with Gasteiger partial charge in [0, 0.05) is 6.72 Å². The summed E-state index contributed by atoms with van der Waals surface area (Å²) >= 11 is 0. The molecular formula is C7H11N3O. The van der Waals surface area contributed by atoms with E-state index >= 15 is 0 Å². The Labute approximate surface area is 65.6 Å². The number of rotatable bonds is 1. The molecule has 0 aromatic rings. The summed E-state index contributed by atoms with van der Waals surface area (Å²) in [6, 6.07) is 0.0451. The summed E-state index contributed by atoms with van der Waals surface area (Å²) in [5, 5.41) is 4.98. The van der Waals surface area contributed by atoms with Crippen LogP contribution in [0.1, 0.15) is 13.8 Å². The normalized spacial score (nSPS) is 24.9. The molecular weight excluding hydrogens is 142 g/mol. The molecule has 1 amide bonds. The van der Waals surface area contributed by atoms with Gasteiger partial charge in [-0.25, -0.2) is 5.01 Å². The van der Waals surface area contributed by atoms with E-state index in [0.717, 1.165) is 0 Å².